The van der Waals surface area contributed by atoms with E-state index in [4.69, 9.17) is 4.74 Å². The fourth-order valence-corrected chi connectivity index (χ4v) is 3.96. The zero-order chi connectivity index (χ0) is 16.8. The summed E-state index contributed by atoms with van der Waals surface area (Å²) in [6, 6.07) is 6.69. The molecule has 1 heterocycles. The van der Waals surface area contributed by atoms with Gasteiger partial charge in [0.25, 0.3) is 0 Å². The molecule has 126 valence electrons. The number of likely N-dealkylation sites (N-methyl/N-ethyl adjacent to an activating group) is 1. The van der Waals surface area contributed by atoms with Crippen molar-refractivity contribution >= 4 is 5.91 Å². The molecule has 1 saturated heterocycles. The van der Waals surface area contributed by atoms with Gasteiger partial charge in [0.2, 0.25) is 5.91 Å². The van der Waals surface area contributed by atoms with Crippen LogP contribution in [0.3, 0.4) is 0 Å². The molecule has 2 fully saturated rings. The molecule has 4 nitrogen and oxygen atoms in total. The Bertz CT molecular complexity index is 607. The number of hydrogen-bond donors (Lipinski definition) is 0. The molecule has 1 aromatic rings. The first-order valence-electron chi connectivity index (χ1n) is 8.50. The van der Waals surface area contributed by atoms with Crippen LogP contribution in [0.5, 0.6) is 5.75 Å². The van der Waals surface area contributed by atoms with E-state index >= 15 is 0 Å². The van der Waals surface area contributed by atoms with Gasteiger partial charge in [-0.1, -0.05) is 19.1 Å². The number of amides is 1. The Morgan fingerprint density at radius 3 is 2.52 bits per heavy atom. The van der Waals surface area contributed by atoms with Gasteiger partial charge in [-0.3, -0.25) is 4.79 Å². The van der Waals surface area contributed by atoms with Crippen LogP contribution in [0.4, 0.5) is 0 Å². The Balaban J connectivity index is 1.82. The molecule has 1 amide bonds. The molecule has 0 aromatic heterocycles. The lowest BCUT2D eigenvalue weighted by Gasteiger charge is -2.25. The number of benzene rings is 1. The number of rotatable bonds is 4. The minimum Gasteiger partial charge on any atom is -0.496 e. The van der Waals surface area contributed by atoms with Crippen molar-refractivity contribution in [2.24, 2.45) is 5.92 Å². The van der Waals surface area contributed by atoms with Crippen LogP contribution < -0.4 is 4.74 Å². The second kappa shape index (κ2) is 5.82. The average Bonchev–Trinajstić information content (AvgIpc) is 3.23. The summed E-state index contributed by atoms with van der Waals surface area (Å²) in [6.45, 7) is 5.99. The van der Waals surface area contributed by atoms with E-state index in [2.05, 4.69) is 49.0 Å². The largest absolute Gasteiger partial charge is 0.496 e. The van der Waals surface area contributed by atoms with E-state index < -0.39 is 0 Å². The van der Waals surface area contributed by atoms with Crippen LogP contribution in [-0.2, 0) is 10.2 Å². The molecule has 4 heteroatoms. The lowest BCUT2D eigenvalue weighted by Crippen LogP contribution is -2.40. The van der Waals surface area contributed by atoms with Gasteiger partial charge in [0.15, 0.2) is 0 Å². The van der Waals surface area contributed by atoms with E-state index in [0.29, 0.717) is 17.9 Å². The average molecular weight is 316 g/mol. The highest BCUT2D eigenvalue weighted by Gasteiger charge is 2.54. The van der Waals surface area contributed by atoms with E-state index in [0.717, 1.165) is 42.8 Å². The Morgan fingerprint density at radius 2 is 2.00 bits per heavy atom. The number of methoxy groups -OCH3 is 1. The molecule has 0 unspecified atom stereocenters. The zero-order valence-electron chi connectivity index (χ0n) is 14.9. The molecular weight excluding hydrogens is 288 g/mol. The van der Waals surface area contributed by atoms with E-state index in [1.807, 2.05) is 6.92 Å². The fourth-order valence-electron chi connectivity index (χ4n) is 3.96. The van der Waals surface area contributed by atoms with Gasteiger partial charge in [0.1, 0.15) is 5.75 Å². The van der Waals surface area contributed by atoms with E-state index in [1.165, 1.54) is 0 Å². The zero-order valence-corrected chi connectivity index (χ0v) is 14.9. The Morgan fingerprint density at radius 1 is 1.30 bits per heavy atom. The van der Waals surface area contributed by atoms with Gasteiger partial charge in [-0.15, -0.1) is 0 Å². The lowest BCUT2D eigenvalue weighted by atomic mass is 9.93. The second-order valence-electron chi connectivity index (χ2n) is 7.48. The number of likely N-dealkylation sites (tertiary alicyclic amines) is 1. The number of carbonyl (C=O) groups is 1. The molecule has 0 radical (unpaired) electrons. The van der Waals surface area contributed by atoms with E-state index in [-0.39, 0.29) is 5.41 Å². The van der Waals surface area contributed by atoms with E-state index in [9.17, 15) is 4.79 Å². The van der Waals surface area contributed by atoms with Crippen molar-refractivity contribution in [3.8, 4) is 5.75 Å². The number of aryl methyl sites for hydroxylation is 1. The number of carbonyl (C=O) groups excluding carboxylic acids is 1. The Hall–Kier alpha value is -1.55. The summed E-state index contributed by atoms with van der Waals surface area (Å²) < 4.78 is 5.45. The molecule has 23 heavy (non-hydrogen) atoms. The van der Waals surface area contributed by atoms with Crippen LogP contribution in [0, 0.1) is 12.8 Å². The van der Waals surface area contributed by atoms with Gasteiger partial charge in [-0.05, 0) is 57.0 Å². The summed E-state index contributed by atoms with van der Waals surface area (Å²) in [4.78, 5) is 17.5. The maximum atomic E-state index is 13.2. The summed E-state index contributed by atoms with van der Waals surface area (Å²) in [5.74, 6) is 1.71. The molecule has 1 aliphatic heterocycles. The van der Waals surface area contributed by atoms with Gasteiger partial charge in [0.05, 0.1) is 12.5 Å². The third kappa shape index (κ3) is 2.74. The maximum absolute atomic E-state index is 13.2. The highest BCUT2D eigenvalue weighted by Crippen LogP contribution is 2.51. The highest BCUT2D eigenvalue weighted by atomic mass is 16.5. The first-order chi connectivity index (χ1) is 10.9. The van der Waals surface area contributed by atoms with Crippen molar-refractivity contribution in [1.82, 2.24) is 9.80 Å². The molecule has 3 rings (SSSR count). The fraction of sp³-hybridized carbons (Fsp3) is 0.632. The third-order valence-electron chi connectivity index (χ3n) is 5.64. The summed E-state index contributed by atoms with van der Waals surface area (Å²) in [5.41, 5.74) is 1.93. The SMILES string of the molecule is COc1cc(C2(C(=O)N3C[C@@H](N(C)C)[C@@H](C)C3)CC2)ccc1C. The van der Waals surface area contributed by atoms with Crippen LogP contribution in [-0.4, -0.2) is 56.0 Å². The topological polar surface area (TPSA) is 32.8 Å². The van der Waals surface area contributed by atoms with Gasteiger partial charge < -0.3 is 14.5 Å². The highest BCUT2D eigenvalue weighted by molar-refractivity contribution is 5.91. The normalized spacial score (nSPS) is 25.7. The predicted octanol–water partition coefficient (Wildman–Crippen LogP) is 2.44. The summed E-state index contributed by atoms with van der Waals surface area (Å²) in [6.07, 6.45) is 1.91. The van der Waals surface area contributed by atoms with E-state index in [1.54, 1.807) is 7.11 Å². The first-order valence-corrected chi connectivity index (χ1v) is 8.50. The lowest BCUT2D eigenvalue weighted by molar-refractivity contribution is -0.133. The molecule has 2 atom stereocenters. The minimum absolute atomic E-state index is 0.304. The first kappa shape index (κ1) is 16.3. The smallest absolute Gasteiger partial charge is 0.233 e. The molecule has 1 aromatic carbocycles. The van der Waals surface area contributed by atoms with Crippen LogP contribution in [0.2, 0.25) is 0 Å². The standard InChI is InChI=1S/C19H28N2O2/c1-13-6-7-15(10-17(13)23-5)19(8-9-19)18(22)21-11-14(2)16(12-21)20(3)4/h6-7,10,14,16H,8-9,11-12H2,1-5H3/t14-,16+/m0/s1. The third-order valence-corrected chi connectivity index (χ3v) is 5.64. The van der Waals surface area contributed by atoms with Gasteiger partial charge in [-0.2, -0.15) is 0 Å². The van der Waals surface area contributed by atoms with Crippen molar-refractivity contribution in [3.05, 3.63) is 29.3 Å². The molecular formula is C19H28N2O2. The number of hydrogen-bond acceptors (Lipinski definition) is 3. The van der Waals surface area contributed by atoms with Crippen molar-refractivity contribution in [2.45, 2.75) is 38.1 Å². The minimum atomic E-state index is -0.304. The van der Waals surface area contributed by atoms with Crippen molar-refractivity contribution in [2.75, 3.05) is 34.3 Å². The van der Waals surface area contributed by atoms with Crippen LogP contribution in [0.15, 0.2) is 18.2 Å². The quantitative estimate of drug-likeness (QED) is 0.855. The second-order valence-corrected chi connectivity index (χ2v) is 7.48. The summed E-state index contributed by atoms with van der Waals surface area (Å²) in [7, 11) is 5.90. The molecule has 1 aliphatic carbocycles. The molecule has 0 N–H and O–H groups in total. The Kier molecular flexibility index (Phi) is 4.13. The molecule has 1 saturated carbocycles. The van der Waals surface area contributed by atoms with Gasteiger partial charge in [0, 0.05) is 19.1 Å². The van der Waals surface area contributed by atoms with Crippen molar-refractivity contribution in [3.63, 3.8) is 0 Å². The van der Waals surface area contributed by atoms with Crippen LogP contribution >= 0.6 is 0 Å². The van der Waals surface area contributed by atoms with Crippen molar-refractivity contribution < 1.29 is 9.53 Å². The number of ether oxygens (including phenoxy) is 1. The molecule has 0 bridgehead atoms. The summed E-state index contributed by atoms with van der Waals surface area (Å²) in [5, 5.41) is 0. The van der Waals surface area contributed by atoms with Gasteiger partial charge >= 0.3 is 0 Å². The predicted molar refractivity (Wildman–Crippen MR) is 91.9 cm³/mol. The molecule has 2 aliphatic rings. The molecule has 0 spiro atoms. The van der Waals surface area contributed by atoms with Gasteiger partial charge in [-0.25, -0.2) is 0 Å². The monoisotopic (exact) mass is 316 g/mol. The maximum Gasteiger partial charge on any atom is 0.233 e. The number of nitrogens with zero attached hydrogens (tertiary/aromatic N) is 2. The van der Waals surface area contributed by atoms with Crippen LogP contribution in [0.1, 0.15) is 30.9 Å². The van der Waals surface area contributed by atoms with Crippen molar-refractivity contribution in [1.29, 1.82) is 0 Å². The van der Waals surface area contributed by atoms with Crippen LogP contribution in [0.25, 0.3) is 0 Å². The Labute approximate surface area is 139 Å². The summed E-state index contributed by atoms with van der Waals surface area (Å²) >= 11 is 0.